The van der Waals surface area contributed by atoms with Crippen LogP contribution in [0.4, 0.5) is 0 Å². The summed E-state index contributed by atoms with van der Waals surface area (Å²) in [7, 11) is 0. The Kier molecular flexibility index (Phi) is 4.15. The van der Waals surface area contributed by atoms with Crippen molar-refractivity contribution in [2.75, 3.05) is 0 Å². The van der Waals surface area contributed by atoms with Crippen LogP contribution in [0.15, 0.2) is 133 Å². The van der Waals surface area contributed by atoms with E-state index in [2.05, 4.69) is 136 Å². The number of hydrogen-bond donors (Lipinski definition) is 0. The van der Waals surface area contributed by atoms with Crippen molar-refractivity contribution < 1.29 is 0 Å². The fraction of sp³-hybridized carbons (Fsp3) is 0. The highest BCUT2D eigenvalue weighted by atomic mass is 15.0. The van der Waals surface area contributed by atoms with Gasteiger partial charge in [0.05, 0.1) is 33.1 Å². The lowest BCUT2D eigenvalue weighted by Gasteiger charge is -2.08. The van der Waals surface area contributed by atoms with Gasteiger partial charge in [0.2, 0.25) is 0 Å². The van der Waals surface area contributed by atoms with Gasteiger partial charge in [-0.3, -0.25) is 4.40 Å². The standard InChI is InChI=1S/C38H22N4/c1-3-10-23(11-4-1)24-18-19-31-32(20-24)40-38-36(39-31)28-16-9-15-27-30-22-34-29(21-35(30)42(38)37(27)28)26-14-7-8-17-33(26)41(34)25-12-5-2-6-13-25/h1-22H. The Morgan fingerprint density at radius 2 is 1.14 bits per heavy atom. The minimum atomic E-state index is 0.902. The molecule has 10 aromatic rings. The normalized spacial score (nSPS) is 12.3. The van der Waals surface area contributed by atoms with E-state index in [1.807, 2.05) is 6.07 Å². The van der Waals surface area contributed by atoms with Gasteiger partial charge in [0.1, 0.15) is 5.52 Å². The van der Waals surface area contributed by atoms with Gasteiger partial charge in [0, 0.05) is 32.6 Å². The van der Waals surface area contributed by atoms with Crippen molar-refractivity contribution in [2.45, 2.75) is 0 Å². The topological polar surface area (TPSA) is 35.1 Å². The first-order valence-electron chi connectivity index (χ1n) is 14.3. The molecule has 0 bridgehead atoms. The highest BCUT2D eigenvalue weighted by Gasteiger charge is 2.22. The lowest BCUT2D eigenvalue weighted by atomic mass is 10.1. The Morgan fingerprint density at radius 1 is 0.429 bits per heavy atom. The summed E-state index contributed by atoms with van der Waals surface area (Å²) < 4.78 is 4.72. The van der Waals surface area contributed by atoms with E-state index in [1.54, 1.807) is 0 Å². The molecular formula is C38H22N4. The van der Waals surface area contributed by atoms with Crippen molar-refractivity contribution in [3.05, 3.63) is 133 Å². The number of nitrogens with zero attached hydrogens (tertiary/aromatic N) is 4. The molecule has 0 aliphatic carbocycles. The average molecular weight is 535 g/mol. The molecule has 194 valence electrons. The Morgan fingerprint density at radius 3 is 2.02 bits per heavy atom. The van der Waals surface area contributed by atoms with Crippen molar-refractivity contribution in [1.29, 1.82) is 0 Å². The van der Waals surface area contributed by atoms with Gasteiger partial charge in [-0.05, 0) is 53.6 Å². The molecule has 0 amide bonds. The van der Waals surface area contributed by atoms with Gasteiger partial charge in [-0.1, -0.05) is 91.0 Å². The van der Waals surface area contributed by atoms with Crippen LogP contribution < -0.4 is 0 Å². The zero-order valence-electron chi connectivity index (χ0n) is 22.5. The smallest absolute Gasteiger partial charge is 0.165 e. The van der Waals surface area contributed by atoms with Crippen molar-refractivity contribution in [2.24, 2.45) is 0 Å². The van der Waals surface area contributed by atoms with Crippen molar-refractivity contribution in [3.8, 4) is 16.8 Å². The Bertz CT molecular complexity index is 2660. The number of aromatic nitrogens is 4. The van der Waals surface area contributed by atoms with E-state index in [1.165, 1.54) is 43.7 Å². The van der Waals surface area contributed by atoms with Crippen LogP contribution in [0.3, 0.4) is 0 Å². The van der Waals surface area contributed by atoms with E-state index >= 15 is 0 Å². The quantitative estimate of drug-likeness (QED) is 0.221. The van der Waals surface area contributed by atoms with E-state index < -0.39 is 0 Å². The molecule has 0 spiro atoms. The molecule has 4 heterocycles. The van der Waals surface area contributed by atoms with Gasteiger partial charge in [0.25, 0.3) is 0 Å². The number of benzene rings is 6. The molecule has 10 rings (SSSR count). The second-order valence-corrected chi connectivity index (χ2v) is 11.1. The summed E-state index contributed by atoms with van der Waals surface area (Å²) >= 11 is 0. The molecule has 0 atom stereocenters. The second-order valence-electron chi connectivity index (χ2n) is 11.1. The van der Waals surface area contributed by atoms with Gasteiger partial charge >= 0.3 is 0 Å². The van der Waals surface area contributed by atoms with Crippen LogP contribution in [0.1, 0.15) is 0 Å². The summed E-state index contributed by atoms with van der Waals surface area (Å²) in [6.45, 7) is 0. The van der Waals surface area contributed by atoms with Gasteiger partial charge in [-0.25, -0.2) is 9.97 Å². The minimum Gasteiger partial charge on any atom is -0.309 e. The molecule has 0 unspecified atom stereocenters. The molecule has 4 aromatic heterocycles. The molecule has 4 nitrogen and oxygen atoms in total. The predicted octanol–water partition coefficient (Wildman–Crippen LogP) is 9.54. The summed E-state index contributed by atoms with van der Waals surface area (Å²) in [4.78, 5) is 10.5. The predicted molar refractivity (Wildman–Crippen MR) is 174 cm³/mol. The van der Waals surface area contributed by atoms with E-state index in [4.69, 9.17) is 9.97 Å². The van der Waals surface area contributed by atoms with Gasteiger partial charge in [-0.2, -0.15) is 0 Å². The number of hydrogen-bond acceptors (Lipinski definition) is 2. The van der Waals surface area contributed by atoms with Crippen molar-refractivity contribution >= 4 is 71.2 Å². The molecule has 4 heteroatoms. The zero-order valence-corrected chi connectivity index (χ0v) is 22.5. The first-order valence-corrected chi connectivity index (χ1v) is 14.3. The maximum atomic E-state index is 5.29. The Balaban J connectivity index is 1.35. The molecule has 0 saturated heterocycles. The molecule has 0 fully saturated rings. The minimum absolute atomic E-state index is 0.902. The van der Waals surface area contributed by atoms with Crippen LogP contribution in [0.2, 0.25) is 0 Å². The molecule has 0 aliphatic rings. The van der Waals surface area contributed by atoms with Crippen LogP contribution in [0.25, 0.3) is 88.0 Å². The fourth-order valence-electron chi connectivity index (χ4n) is 6.98. The number of para-hydroxylation sites is 3. The molecule has 0 aliphatic heterocycles. The third kappa shape index (κ3) is 2.80. The first kappa shape index (κ1) is 22.0. The molecule has 0 N–H and O–H groups in total. The highest BCUT2D eigenvalue weighted by Crippen LogP contribution is 2.42. The van der Waals surface area contributed by atoms with Crippen LogP contribution in [-0.4, -0.2) is 18.9 Å². The lowest BCUT2D eigenvalue weighted by molar-refractivity contribution is 1.18. The number of fused-ring (bicyclic) bond motifs is 10. The highest BCUT2D eigenvalue weighted by molar-refractivity contribution is 6.25. The summed E-state index contributed by atoms with van der Waals surface area (Å²) in [5.74, 6) is 0. The molecule has 0 saturated carbocycles. The summed E-state index contributed by atoms with van der Waals surface area (Å²) in [5, 5.41) is 6.07. The third-order valence-electron chi connectivity index (χ3n) is 8.82. The third-order valence-corrected chi connectivity index (χ3v) is 8.82. The van der Waals surface area contributed by atoms with E-state index in [9.17, 15) is 0 Å². The maximum Gasteiger partial charge on any atom is 0.165 e. The van der Waals surface area contributed by atoms with Gasteiger partial charge in [0.15, 0.2) is 5.65 Å². The maximum absolute atomic E-state index is 5.29. The molecule has 0 radical (unpaired) electrons. The second kappa shape index (κ2) is 7.93. The zero-order chi connectivity index (χ0) is 27.4. The van der Waals surface area contributed by atoms with Crippen molar-refractivity contribution in [3.63, 3.8) is 0 Å². The lowest BCUT2D eigenvalue weighted by Crippen LogP contribution is -1.93. The summed E-state index contributed by atoms with van der Waals surface area (Å²) in [6.07, 6.45) is 0. The fourth-order valence-corrected chi connectivity index (χ4v) is 6.98. The molecule has 6 aromatic carbocycles. The van der Waals surface area contributed by atoms with Gasteiger partial charge in [-0.15, -0.1) is 0 Å². The largest absolute Gasteiger partial charge is 0.309 e. The van der Waals surface area contributed by atoms with E-state index in [0.29, 0.717) is 0 Å². The average Bonchev–Trinajstić information content (AvgIpc) is 3.67. The number of rotatable bonds is 2. The first-order chi connectivity index (χ1) is 20.8. The van der Waals surface area contributed by atoms with Gasteiger partial charge < -0.3 is 4.57 Å². The Hall–Kier alpha value is -5.74. The SMILES string of the molecule is c1ccc(-c2ccc3nc4c5cccc6c7cc8c(cc7n(c4nc3c2)c65)c2ccccc2n8-c2ccccc2)cc1. The molecule has 42 heavy (non-hydrogen) atoms. The molecular weight excluding hydrogens is 512 g/mol. The van der Waals surface area contributed by atoms with Crippen LogP contribution in [-0.2, 0) is 0 Å². The summed E-state index contributed by atoms with van der Waals surface area (Å²) in [5.41, 5.74) is 11.9. The monoisotopic (exact) mass is 534 g/mol. The van der Waals surface area contributed by atoms with Crippen molar-refractivity contribution in [1.82, 2.24) is 18.9 Å². The van der Waals surface area contributed by atoms with Crippen LogP contribution in [0.5, 0.6) is 0 Å². The van der Waals surface area contributed by atoms with E-state index in [-0.39, 0.29) is 0 Å². The van der Waals surface area contributed by atoms with Crippen LogP contribution in [0, 0.1) is 0 Å². The van der Waals surface area contributed by atoms with E-state index in [0.717, 1.165) is 44.4 Å². The Labute approximate surface area is 240 Å². The summed E-state index contributed by atoms with van der Waals surface area (Å²) in [6, 6.07) is 47.5. The van der Waals surface area contributed by atoms with Crippen LogP contribution >= 0.6 is 0 Å².